The number of halogens is 2. The van der Waals surface area contributed by atoms with E-state index < -0.39 is 0 Å². The average molecular weight is 603 g/mol. The number of aryl methyl sites for hydroxylation is 4. The minimum Gasteiger partial charge on any atom is -1.00 e. The standard InChI is InChI=1S/C31H44N4.2ClH.Co/c1-5-25-14-11-15-26(6-2)30(25)33-20-13-22-35(24-29-18-9-10-19-32-29)23-21-34-31-27(7-3)16-12-17-28(31)8-4;;;/h9-12,14-19,33-34H,5-8,13,20-24H2,1-4H3;2*1H;/q;;;+2/p-2. The molecule has 7 heteroatoms. The molecule has 0 atom stereocenters. The summed E-state index contributed by atoms with van der Waals surface area (Å²) in [5, 5.41) is 7.53. The molecule has 1 radical (unpaired) electrons. The predicted molar refractivity (Wildman–Crippen MR) is 152 cm³/mol. The molecule has 0 fully saturated rings. The molecule has 0 saturated heterocycles. The van der Waals surface area contributed by atoms with Crippen LogP contribution in [0, 0.1) is 0 Å². The van der Waals surface area contributed by atoms with E-state index in [9.17, 15) is 0 Å². The molecule has 0 bridgehead atoms. The molecule has 0 unspecified atom stereocenters. The van der Waals surface area contributed by atoms with Crippen LogP contribution in [0.15, 0.2) is 60.8 Å². The van der Waals surface area contributed by atoms with Crippen molar-refractivity contribution in [2.75, 3.05) is 36.8 Å². The molecule has 1 heterocycles. The summed E-state index contributed by atoms with van der Waals surface area (Å²) in [6, 6.07) is 19.6. The molecular weight excluding hydrogens is 558 g/mol. The Balaban J connectivity index is 0.00000456. The van der Waals surface area contributed by atoms with Crippen LogP contribution in [0.25, 0.3) is 0 Å². The monoisotopic (exact) mass is 601 g/mol. The van der Waals surface area contributed by atoms with E-state index in [0.717, 1.165) is 70.5 Å². The number of nitrogens with one attached hydrogen (secondary N) is 2. The van der Waals surface area contributed by atoms with Crippen LogP contribution in [0.1, 0.15) is 62.1 Å². The van der Waals surface area contributed by atoms with Crippen LogP contribution < -0.4 is 35.4 Å². The van der Waals surface area contributed by atoms with Crippen molar-refractivity contribution in [3.8, 4) is 0 Å². The molecule has 0 amide bonds. The smallest absolute Gasteiger partial charge is 1.00 e. The van der Waals surface area contributed by atoms with Crippen molar-refractivity contribution in [3.05, 3.63) is 88.7 Å². The predicted octanol–water partition coefficient (Wildman–Crippen LogP) is 0.753. The van der Waals surface area contributed by atoms with Crippen molar-refractivity contribution in [2.24, 2.45) is 0 Å². The van der Waals surface area contributed by atoms with Crippen LogP contribution >= 0.6 is 0 Å². The molecule has 0 aliphatic rings. The van der Waals surface area contributed by atoms with Crippen molar-refractivity contribution >= 4 is 11.4 Å². The number of pyridine rings is 1. The quantitative estimate of drug-likeness (QED) is 0.252. The van der Waals surface area contributed by atoms with Crippen molar-refractivity contribution in [3.63, 3.8) is 0 Å². The summed E-state index contributed by atoms with van der Waals surface area (Å²) in [5.74, 6) is 0. The number of para-hydroxylation sites is 2. The molecule has 38 heavy (non-hydrogen) atoms. The van der Waals surface area contributed by atoms with E-state index >= 15 is 0 Å². The second kappa shape index (κ2) is 20.2. The van der Waals surface area contributed by atoms with Crippen LogP contribution in [-0.4, -0.2) is 36.1 Å². The zero-order valence-electron chi connectivity index (χ0n) is 23.3. The Morgan fingerprint density at radius 3 is 1.58 bits per heavy atom. The van der Waals surface area contributed by atoms with E-state index in [4.69, 9.17) is 0 Å². The number of hydrogen-bond donors (Lipinski definition) is 2. The van der Waals surface area contributed by atoms with E-state index in [2.05, 4.69) is 96.7 Å². The van der Waals surface area contributed by atoms with Crippen molar-refractivity contribution < 1.29 is 41.6 Å². The third kappa shape index (κ3) is 10.8. The molecule has 0 saturated carbocycles. The zero-order chi connectivity index (χ0) is 24.9. The first kappa shape index (κ1) is 36.2. The summed E-state index contributed by atoms with van der Waals surface area (Å²) in [6.07, 6.45) is 7.22. The average Bonchev–Trinajstić information content (AvgIpc) is 2.91. The van der Waals surface area contributed by atoms with Gasteiger partial charge in [0.25, 0.3) is 0 Å². The molecule has 211 valence electrons. The van der Waals surface area contributed by atoms with Gasteiger partial charge in [-0.05, 0) is 66.5 Å². The Hall–Kier alpha value is -1.76. The van der Waals surface area contributed by atoms with Gasteiger partial charge in [0.2, 0.25) is 0 Å². The summed E-state index contributed by atoms with van der Waals surface area (Å²) in [6.45, 7) is 13.8. The Kier molecular flexibility index (Phi) is 19.2. The molecule has 3 aromatic rings. The normalized spacial score (nSPS) is 10.2. The van der Waals surface area contributed by atoms with E-state index in [1.165, 1.54) is 33.6 Å². The second-order valence-corrected chi connectivity index (χ2v) is 9.12. The summed E-state index contributed by atoms with van der Waals surface area (Å²) in [7, 11) is 0. The summed E-state index contributed by atoms with van der Waals surface area (Å²) < 4.78 is 0. The molecule has 4 nitrogen and oxygen atoms in total. The van der Waals surface area contributed by atoms with E-state index in [0.29, 0.717) is 0 Å². The molecule has 2 aromatic carbocycles. The number of rotatable bonds is 15. The molecule has 2 N–H and O–H groups in total. The van der Waals surface area contributed by atoms with Gasteiger partial charge in [0.1, 0.15) is 0 Å². The largest absolute Gasteiger partial charge is 2.00 e. The van der Waals surface area contributed by atoms with Gasteiger partial charge >= 0.3 is 16.8 Å². The van der Waals surface area contributed by atoms with E-state index in [1.807, 2.05) is 12.3 Å². The van der Waals surface area contributed by atoms with Gasteiger partial charge in [-0.15, -0.1) is 0 Å². The van der Waals surface area contributed by atoms with Crippen molar-refractivity contribution in [1.29, 1.82) is 0 Å². The van der Waals surface area contributed by atoms with E-state index in [1.54, 1.807) is 0 Å². The van der Waals surface area contributed by atoms with Gasteiger partial charge in [-0.2, -0.15) is 0 Å². The van der Waals surface area contributed by atoms with Gasteiger partial charge in [-0.3, -0.25) is 9.88 Å². The number of hydrogen-bond acceptors (Lipinski definition) is 4. The third-order valence-electron chi connectivity index (χ3n) is 6.79. The number of nitrogens with zero attached hydrogens (tertiary/aromatic N) is 2. The van der Waals surface area contributed by atoms with Gasteiger partial charge in [-0.25, -0.2) is 0 Å². The maximum Gasteiger partial charge on any atom is 2.00 e. The third-order valence-corrected chi connectivity index (χ3v) is 6.79. The van der Waals surface area contributed by atoms with Crippen LogP contribution in [0.4, 0.5) is 11.4 Å². The summed E-state index contributed by atoms with van der Waals surface area (Å²) >= 11 is 0. The summed E-state index contributed by atoms with van der Waals surface area (Å²) in [5.41, 5.74) is 9.46. The Bertz CT molecular complexity index is 989. The Morgan fingerprint density at radius 1 is 0.632 bits per heavy atom. The maximum absolute atomic E-state index is 4.58. The number of aromatic nitrogens is 1. The second-order valence-electron chi connectivity index (χ2n) is 9.12. The molecule has 0 aliphatic heterocycles. The van der Waals surface area contributed by atoms with Crippen LogP contribution in [-0.2, 0) is 49.0 Å². The minimum absolute atomic E-state index is 0. The first-order valence-corrected chi connectivity index (χ1v) is 13.5. The van der Waals surface area contributed by atoms with Gasteiger partial charge in [0.05, 0.1) is 5.69 Å². The molecule has 0 aliphatic carbocycles. The van der Waals surface area contributed by atoms with Gasteiger partial charge in [-0.1, -0.05) is 70.2 Å². The van der Waals surface area contributed by atoms with Crippen molar-refractivity contribution in [1.82, 2.24) is 9.88 Å². The first-order chi connectivity index (χ1) is 17.2. The SMILES string of the molecule is CCc1cccc(CC)c1NCCCN(CCNc1c(CC)cccc1CC)Cc1ccccn1.[Cl-].[Cl-].[Co+2]. The summed E-state index contributed by atoms with van der Waals surface area (Å²) in [4.78, 5) is 7.11. The minimum atomic E-state index is 0. The molecular formula is C31H44Cl2CoN4. The number of anilines is 2. The topological polar surface area (TPSA) is 40.2 Å². The number of benzene rings is 2. The van der Waals surface area contributed by atoms with Crippen LogP contribution in [0.3, 0.4) is 0 Å². The fourth-order valence-electron chi connectivity index (χ4n) is 4.79. The molecule has 1 aromatic heterocycles. The van der Waals surface area contributed by atoms with E-state index in [-0.39, 0.29) is 41.6 Å². The zero-order valence-corrected chi connectivity index (χ0v) is 25.9. The van der Waals surface area contributed by atoms with Crippen molar-refractivity contribution in [2.45, 2.75) is 66.3 Å². The molecule has 3 rings (SSSR count). The van der Waals surface area contributed by atoms with Gasteiger partial charge < -0.3 is 35.4 Å². The van der Waals surface area contributed by atoms with Crippen LogP contribution in [0.2, 0.25) is 0 Å². The first-order valence-electron chi connectivity index (χ1n) is 13.5. The van der Waals surface area contributed by atoms with Gasteiger partial charge in [0, 0.05) is 50.3 Å². The Labute approximate surface area is 253 Å². The maximum atomic E-state index is 4.58. The molecule has 0 spiro atoms. The van der Waals surface area contributed by atoms with Crippen LogP contribution in [0.5, 0.6) is 0 Å². The van der Waals surface area contributed by atoms with Gasteiger partial charge in [0.15, 0.2) is 0 Å². The Morgan fingerprint density at radius 2 is 1.13 bits per heavy atom. The fraction of sp³-hybridized carbons (Fsp3) is 0.452. The fourth-order valence-corrected chi connectivity index (χ4v) is 4.79.